The van der Waals surface area contributed by atoms with E-state index in [1.54, 1.807) is 6.92 Å². The van der Waals surface area contributed by atoms with Crippen LogP contribution >= 0.6 is 11.8 Å². The van der Waals surface area contributed by atoms with Crippen LogP contribution in [0.3, 0.4) is 0 Å². The fraction of sp³-hybridized carbons (Fsp3) is 0.286. The molecule has 0 spiro atoms. The van der Waals surface area contributed by atoms with E-state index in [2.05, 4.69) is 9.97 Å². The molecule has 0 unspecified atom stereocenters. The van der Waals surface area contributed by atoms with Crippen molar-refractivity contribution in [3.8, 4) is 0 Å². The smallest absolute Gasteiger partial charge is 0.354 e. The Bertz CT molecular complexity index is 314. The van der Waals surface area contributed by atoms with E-state index >= 15 is 0 Å². The quantitative estimate of drug-likeness (QED) is 0.552. The summed E-state index contributed by atoms with van der Waals surface area (Å²) in [4.78, 5) is 18.3. The highest BCUT2D eigenvalue weighted by Crippen LogP contribution is 2.12. The first-order valence-corrected chi connectivity index (χ1v) is 4.49. The standard InChI is InChI=1S/C7H8N2O2S/c1-4-8-5(7(10)11)3-6(9-4)12-2/h3H,1-2H3,(H,10,11). The molecule has 5 heteroatoms. The second-order valence-corrected chi connectivity index (χ2v) is 2.97. The van der Waals surface area contributed by atoms with Gasteiger partial charge in [0.05, 0.1) is 0 Å². The number of hydrogen-bond acceptors (Lipinski definition) is 4. The summed E-state index contributed by atoms with van der Waals surface area (Å²) in [6.45, 7) is 1.67. The molecule has 0 saturated heterocycles. The Morgan fingerprint density at radius 3 is 2.75 bits per heavy atom. The van der Waals surface area contributed by atoms with Crippen molar-refractivity contribution in [2.45, 2.75) is 11.9 Å². The zero-order valence-electron chi connectivity index (χ0n) is 6.74. The Hall–Kier alpha value is -1.10. The average molecular weight is 184 g/mol. The maximum atomic E-state index is 10.5. The number of nitrogens with zero attached hydrogens (tertiary/aromatic N) is 2. The van der Waals surface area contributed by atoms with Crippen molar-refractivity contribution in [3.05, 3.63) is 17.6 Å². The monoisotopic (exact) mass is 184 g/mol. The van der Waals surface area contributed by atoms with Crippen molar-refractivity contribution in [1.82, 2.24) is 9.97 Å². The molecule has 12 heavy (non-hydrogen) atoms. The lowest BCUT2D eigenvalue weighted by atomic mass is 10.4. The Morgan fingerprint density at radius 1 is 1.58 bits per heavy atom. The van der Waals surface area contributed by atoms with E-state index in [4.69, 9.17) is 5.11 Å². The van der Waals surface area contributed by atoms with Gasteiger partial charge in [0.25, 0.3) is 0 Å². The highest BCUT2D eigenvalue weighted by atomic mass is 32.2. The van der Waals surface area contributed by atoms with Crippen molar-refractivity contribution in [1.29, 1.82) is 0 Å². The summed E-state index contributed by atoms with van der Waals surface area (Å²) in [6, 6.07) is 1.46. The molecule has 0 aliphatic heterocycles. The second kappa shape index (κ2) is 3.53. The number of rotatable bonds is 2. The lowest BCUT2D eigenvalue weighted by Gasteiger charge is -1.98. The zero-order valence-corrected chi connectivity index (χ0v) is 7.55. The topological polar surface area (TPSA) is 63.1 Å². The van der Waals surface area contributed by atoms with Crippen molar-refractivity contribution >= 4 is 17.7 Å². The summed E-state index contributed by atoms with van der Waals surface area (Å²) in [5, 5.41) is 9.31. The highest BCUT2D eigenvalue weighted by Gasteiger charge is 2.06. The van der Waals surface area contributed by atoms with Gasteiger partial charge in [0, 0.05) is 6.07 Å². The molecule has 0 aliphatic carbocycles. The van der Waals surface area contributed by atoms with Crippen LogP contribution in [0.2, 0.25) is 0 Å². The molecule has 0 saturated carbocycles. The van der Waals surface area contributed by atoms with Gasteiger partial charge in [0.2, 0.25) is 0 Å². The van der Waals surface area contributed by atoms with E-state index in [1.165, 1.54) is 17.8 Å². The first-order chi connectivity index (χ1) is 5.63. The van der Waals surface area contributed by atoms with E-state index in [1.807, 2.05) is 6.26 Å². The third kappa shape index (κ3) is 1.94. The van der Waals surface area contributed by atoms with Gasteiger partial charge in [-0.15, -0.1) is 11.8 Å². The Labute approximate surface area is 74.0 Å². The fourth-order valence-corrected chi connectivity index (χ4v) is 1.21. The van der Waals surface area contributed by atoms with E-state index in [0.29, 0.717) is 10.9 Å². The highest BCUT2D eigenvalue weighted by molar-refractivity contribution is 7.98. The van der Waals surface area contributed by atoms with Crippen molar-refractivity contribution < 1.29 is 9.90 Å². The number of carbonyl (C=O) groups is 1. The predicted molar refractivity (Wildman–Crippen MR) is 45.5 cm³/mol. The summed E-state index contributed by atoms with van der Waals surface area (Å²) in [5.74, 6) is -0.532. The molecule has 1 heterocycles. The zero-order chi connectivity index (χ0) is 9.14. The minimum atomic E-state index is -1.02. The van der Waals surface area contributed by atoms with Crippen LogP contribution in [0.15, 0.2) is 11.1 Å². The van der Waals surface area contributed by atoms with Gasteiger partial charge >= 0.3 is 5.97 Å². The van der Waals surface area contributed by atoms with Crippen molar-refractivity contribution in [2.75, 3.05) is 6.26 Å². The van der Waals surface area contributed by atoms with Crippen LogP contribution in [-0.4, -0.2) is 27.3 Å². The van der Waals surface area contributed by atoms with Gasteiger partial charge in [0.15, 0.2) is 5.69 Å². The molecule has 0 aliphatic rings. The number of aryl methyl sites for hydroxylation is 1. The SMILES string of the molecule is CSc1cc(C(=O)O)nc(C)n1. The molecule has 1 aromatic rings. The Kier molecular flexibility index (Phi) is 2.65. The van der Waals surface area contributed by atoms with Gasteiger partial charge < -0.3 is 5.11 Å². The van der Waals surface area contributed by atoms with Gasteiger partial charge in [-0.2, -0.15) is 0 Å². The van der Waals surface area contributed by atoms with E-state index < -0.39 is 5.97 Å². The van der Waals surface area contributed by atoms with Gasteiger partial charge in [-0.3, -0.25) is 0 Å². The first-order valence-electron chi connectivity index (χ1n) is 3.26. The van der Waals surface area contributed by atoms with Gasteiger partial charge in [0.1, 0.15) is 10.9 Å². The lowest BCUT2D eigenvalue weighted by molar-refractivity contribution is 0.0689. The molecule has 0 amide bonds. The predicted octanol–water partition coefficient (Wildman–Crippen LogP) is 1.21. The molecule has 4 nitrogen and oxygen atoms in total. The van der Waals surface area contributed by atoms with E-state index in [9.17, 15) is 4.79 Å². The Balaban J connectivity index is 3.15. The molecule has 0 aromatic carbocycles. The van der Waals surface area contributed by atoms with Crippen molar-refractivity contribution in [2.24, 2.45) is 0 Å². The molecule has 0 radical (unpaired) electrons. The van der Waals surface area contributed by atoms with Crippen LogP contribution < -0.4 is 0 Å². The van der Waals surface area contributed by atoms with Crippen LogP contribution in [-0.2, 0) is 0 Å². The lowest BCUT2D eigenvalue weighted by Crippen LogP contribution is -2.03. The third-order valence-corrected chi connectivity index (χ3v) is 1.87. The maximum Gasteiger partial charge on any atom is 0.354 e. The van der Waals surface area contributed by atoms with Gasteiger partial charge in [-0.25, -0.2) is 14.8 Å². The first kappa shape index (κ1) is 8.99. The summed E-state index contributed by atoms with van der Waals surface area (Å²) in [6.07, 6.45) is 1.84. The maximum absolute atomic E-state index is 10.5. The number of carboxylic acids is 1. The summed E-state index contributed by atoms with van der Waals surface area (Å²) in [7, 11) is 0. The molecule has 0 bridgehead atoms. The summed E-state index contributed by atoms with van der Waals surface area (Å²) >= 11 is 1.40. The molecular weight excluding hydrogens is 176 g/mol. The van der Waals surface area contributed by atoms with Gasteiger partial charge in [-0.1, -0.05) is 0 Å². The summed E-state index contributed by atoms with van der Waals surface area (Å²) < 4.78 is 0. The molecule has 0 fully saturated rings. The van der Waals surface area contributed by atoms with Crippen LogP contribution in [0.25, 0.3) is 0 Å². The van der Waals surface area contributed by atoms with E-state index in [0.717, 1.165) is 0 Å². The molecule has 64 valence electrons. The largest absolute Gasteiger partial charge is 0.477 e. The third-order valence-electron chi connectivity index (χ3n) is 1.24. The van der Waals surface area contributed by atoms with Crippen LogP contribution in [0.4, 0.5) is 0 Å². The second-order valence-electron chi connectivity index (χ2n) is 2.15. The fourth-order valence-electron chi connectivity index (χ4n) is 0.754. The number of aromatic nitrogens is 2. The number of aromatic carboxylic acids is 1. The average Bonchev–Trinajstić information content (AvgIpc) is 2.03. The summed E-state index contributed by atoms with van der Waals surface area (Å²) in [5.41, 5.74) is 0.0480. The minimum Gasteiger partial charge on any atom is -0.477 e. The Morgan fingerprint density at radius 2 is 2.25 bits per heavy atom. The normalized spacial score (nSPS) is 9.83. The van der Waals surface area contributed by atoms with Crippen LogP contribution in [0, 0.1) is 6.92 Å². The molecular formula is C7H8N2O2S. The minimum absolute atomic E-state index is 0.0480. The van der Waals surface area contributed by atoms with Crippen molar-refractivity contribution in [3.63, 3.8) is 0 Å². The van der Waals surface area contributed by atoms with Gasteiger partial charge in [-0.05, 0) is 13.2 Å². The number of carboxylic acid groups (broad SMARTS) is 1. The van der Waals surface area contributed by atoms with Crippen LogP contribution in [0.5, 0.6) is 0 Å². The number of hydrogen-bond donors (Lipinski definition) is 1. The van der Waals surface area contributed by atoms with Crippen LogP contribution in [0.1, 0.15) is 16.3 Å². The molecule has 1 rings (SSSR count). The molecule has 1 aromatic heterocycles. The molecule has 1 N–H and O–H groups in total. The number of thioether (sulfide) groups is 1. The molecule has 0 atom stereocenters. The van der Waals surface area contributed by atoms with E-state index in [-0.39, 0.29) is 5.69 Å².